The first-order valence-electron chi connectivity index (χ1n) is 9.03. The number of hydrogen-bond donors (Lipinski definition) is 1. The van der Waals surface area contributed by atoms with Gasteiger partial charge in [0.25, 0.3) is 0 Å². The molecule has 0 unspecified atom stereocenters. The topological polar surface area (TPSA) is 97.6 Å². The molecule has 2 aliphatic heterocycles. The fourth-order valence-corrected chi connectivity index (χ4v) is 3.30. The summed E-state index contributed by atoms with van der Waals surface area (Å²) in [5.41, 5.74) is 0. The minimum Gasteiger partial charge on any atom is -0.381 e. The van der Waals surface area contributed by atoms with E-state index in [4.69, 9.17) is 9.26 Å². The van der Waals surface area contributed by atoms with Crippen LogP contribution in [0.15, 0.2) is 4.52 Å². The molecule has 0 aromatic carbocycles. The van der Waals surface area contributed by atoms with Gasteiger partial charge in [0.15, 0.2) is 5.82 Å². The fraction of sp³-hybridized carbons (Fsp3) is 0.765. The average Bonchev–Trinajstić information content (AvgIpc) is 3.23. The number of amides is 2. The first-order chi connectivity index (χ1) is 12.0. The molecule has 1 N–H and O–H groups in total. The molecule has 8 nitrogen and oxygen atoms in total. The summed E-state index contributed by atoms with van der Waals surface area (Å²) < 4.78 is 10.9. The van der Waals surface area contributed by atoms with Crippen molar-refractivity contribution in [3.05, 3.63) is 11.7 Å². The van der Waals surface area contributed by atoms with E-state index in [1.807, 2.05) is 13.8 Å². The summed E-state index contributed by atoms with van der Waals surface area (Å²) in [6.45, 7) is 6.04. The lowest BCUT2D eigenvalue weighted by molar-refractivity contribution is -0.133. The van der Waals surface area contributed by atoms with Crippen molar-refractivity contribution < 1.29 is 18.8 Å². The fourth-order valence-electron chi connectivity index (χ4n) is 3.30. The Morgan fingerprint density at radius 3 is 2.72 bits per heavy atom. The summed E-state index contributed by atoms with van der Waals surface area (Å²) in [7, 11) is 0. The third-order valence-electron chi connectivity index (χ3n) is 4.80. The molecular weight excluding hydrogens is 324 g/mol. The lowest BCUT2D eigenvalue weighted by Gasteiger charge is -2.29. The minimum absolute atomic E-state index is 0.0395. The molecular formula is C17H26N4O4. The Morgan fingerprint density at radius 1 is 1.36 bits per heavy atom. The predicted molar refractivity (Wildman–Crippen MR) is 88.6 cm³/mol. The second kappa shape index (κ2) is 7.95. The summed E-state index contributed by atoms with van der Waals surface area (Å²) in [6, 6.07) is -0.339. The zero-order valence-electron chi connectivity index (χ0n) is 14.9. The van der Waals surface area contributed by atoms with E-state index in [2.05, 4.69) is 15.5 Å². The van der Waals surface area contributed by atoms with Gasteiger partial charge >= 0.3 is 0 Å². The largest absolute Gasteiger partial charge is 0.381 e. The molecule has 0 saturated carbocycles. The number of rotatable bonds is 6. The van der Waals surface area contributed by atoms with Gasteiger partial charge in [-0.1, -0.05) is 19.0 Å². The Balaban J connectivity index is 1.71. The molecule has 0 bridgehead atoms. The van der Waals surface area contributed by atoms with Gasteiger partial charge in [0.2, 0.25) is 17.7 Å². The van der Waals surface area contributed by atoms with Crippen LogP contribution in [0.5, 0.6) is 0 Å². The van der Waals surface area contributed by atoms with Gasteiger partial charge in [0, 0.05) is 32.1 Å². The number of nitrogens with zero attached hydrogens (tertiary/aromatic N) is 3. The molecule has 8 heteroatoms. The Bertz CT molecular complexity index is 610. The van der Waals surface area contributed by atoms with Crippen molar-refractivity contribution in [2.45, 2.75) is 51.5 Å². The Labute approximate surface area is 147 Å². The Morgan fingerprint density at radius 2 is 2.12 bits per heavy atom. The van der Waals surface area contributed by atoms with Crippen molar-refractivity contribution in [2.75, 3.05) is 26.3 Å². The highest BCUT2D eigenvalue weighted by atomic mass is 16.5. The summed E-state index contributed by atoms with van der Waals surface area (Å²) in [4.78, 5) is 30.3. The van der Waals surface area contributed by atoms with E-state index in [0.29, 0.717) is 37.9 Å². The van der Waals surface area contributed by atoms with E-state index in [0.717, 1.165) is 19.3 Å². The molecule has 25 heavy (non-hydrogen) atoms. The molecule has 3 rings (SSSR count). The zero-order valence-corrected chi connectivity index (χ0v) is 14.9. The van der Waals surface area contributed by atoms with E-state index in [1.54, 1.807) is 4.90 Å². The summed E-state index contributed by atoms with van der Waals surface area (Å²) >= 11 is 0. The first kappa shape index (κ1) is 17.8. The van der Waals surface area contributed by atoms with Crippen LogP contribution in [0.4, 0.5) is 0 Å². The van der Waals surface area contributed by atoms with Crippen LogP contribution in [0.3, 0.4) is 0 Å². The Kier molecular flexibility index (Phi) is 5.67. The lowest BCUT2D eigenvalue weighted by Crippen LogP contribution is -2.42. The van der Waals surface area contributed by atoms with Gasteiger partial charge in [-0.05, 0) is 25.2 Å². The van der Waals surface area contributed by atoms with Crippen molar-refractivity contribution in [3.63, 3.8) is 0 Å². The molecule has 1 aromatic rings. The zero-order chi connectivity index (χ0) is 17.8. The van der Waals surface area contributed by atoms with E-state index in [1.165, 1.54) is 0 Å². The van der Waals surface area contributed by atoms with Crippen LogP contribution in [0, 0.1) is 5.92 Å². The summed E-state index contributed by atoms with van der Waals surface area (Å²) in [5, 5.41) is 7.04. The first-order valence-corrected chi connectivity index (χ1v) is 9.03. The SMILES string of the molecule is CC(C)c1noc([C@H](NC(=O)CN2CCCC2=O)C2CCOCC2)n1. The molecule has 3 heterocycles. The lowest BCUT2D eigenvalue weighted by atomic mass is 9.91. The standard InChI is InChI=1S/C17H26N4O4/c1-11(2)16-19-17(25-20-16)15(12-5-8-24-9-6-12)18-13(22)10-21-7-3-4-14(21)23/h11-12,15H,3-10H2,1-2H3,(H,18,22)/t15-/m1/s1. The number of carbonyl (C=O) groups excluding carboxylic acids is 2. The van der Waals surface area contributed by atoms with Gasteiger partial charge in [-0.3, -0.25) is 9.59 Å². The van der Waals surface area contributed by atoms with Crippen LogP contribution >= 0.6 is 0 Å². The summed E-state index contributed by atoms with van der Waals surface area (Å²) in [5.74, 6) is 1.28. The number of aromatic nitrogens is 2. The van der Waals surface area contributed by atoms with E-state index in [9.17, 15) is 9.59 Å². The molecule has 2 amide bonds. The van der Waals surface area contributed by atoms with Gasteiger partial charge in [0.1, 0.15) is 6.04 Å². The second-order valence-electron chi connectivity index (χ2n) is 7.06. The molecule has 2 saturated heterocycles. The van der Waals surface area contributed by atoms with Crippen molar-refractivity contribution in [1.29, 1.82) is 0 Å². The van der Waals surface area contributed by atoms with Crippen LogP contribution in [-0.4, -0.2) is 53.2 Å². The highest BCUT2D eigenvalue weighted by Gasteiger charge is 2.32. The number of nitrogens with one attached hydrogen (secondary N) is 1. The van der Waals surface area contributed by atoms with Gasteiger partial charge in [-0.25, -0.2) is 0 Å². The maximum Gasteiger partial charge on any atom is 0.249 e. The van der Waals surface area contributed by atoms with E-state index < -0.39 is 0 Å². The van der Waals surface area contributed by atoms with Crippen LogP contribution in [0.2, 0.25) is 0 Å². The minimum atomic E-state index is -0.339. The predicted octanol–water partition coefficient (Wildman–Crippen LogP) is 1.40. The van der Waals surface area contributed by atoms with Crippen molar-refractivity contribution in [1.82, 2.24) is 20.4 Å². The summed E-state index contributed by atoms with van der Waals surface area (Å²) in [6.07, 6.45) is 3.00. The molecule has 2 fully saturated rings. The van der Waals surface area contributed by atoms with Crippen molar-refractivity contribution in [3.8, 4) is 0 Å². The number of carbonyl (C=O) groups is 2. The molecule has 0 radical (unpaired) electrons. The third kappa shape index (κ3) is 4.36. The maximum absolute atomic E-state index is 12.5. The molecule has 138 valence electrons. The van der Waals surface area contributed by atoms with E-state index in [-0.39, 0.29) is 36.2 Å². The normalized spacial score (nSPS) is 20.3. The number of hydrogen-bond acceptors (Lipinski definition) is 6. The molecule has 2 aliphatic rings. The van der Waals surface area contributed by atoms with Crippen molar-refractivity contribution >= 4 is 11.8 Å². The molecule has 1 atom stereocenters. The Hall–Kier alpha value is -1.96. The monoisotopic (exact) mass is 350 g/mol. The van der Waals surface area contributed by atoms with Gasteiger partial charge in [-0.2, -0.15) is 4.98 Å². The number of ether oxygens (including phenoxy) is 1. The highest BCUT2D eigenvalue weighted by molar-refractivity contribution is 5.86. The quantitative estimate of drug-likeness (QED) is 0.833. The average molecular weight is 350 g/mol. The van der Waals surface area contributed by atoms with Crippen molar-refractivity contribution in [2.24, 2.45) is 5.92 Å². The second-order valence-corrected chi connectivity index (χ2v) is 7.06. The highest BCUT2D eigenvalue weighted by Crippen LogP contribution is 2.30. The molecule has 0 spiro atoms. The van der Waals surface area contributed by atoms with Crippen LogP contribution in [-0.2, 0) is 14.3 Å². The smallest absolute Gasteiger partial charge is 0.249 e. The number of likely N-dealkylation sites (tertiary alicyclic amines) is 1. The van der Waals surface area contributed by atoms with Gasteiger partial charge in [-0.15, -0.1) is 0 Å². The van der Waals surface area contributed by atoms with Gasteiger partial charge < -0.3 is 19.5 Å². The van der Waals surface area contributed by atoms with Gasteiger partial charge in [0.05, 0.1) is 6.54 Å². The molecule has 1 aromatic heterocycles. The maximum atomic E-state index is 12.5. The molecule has 0 aliphatic carbocycles. The third-order valence-corrected chi connectivity index (χ3v) is 4.80. The van der Waals surface area contributed by atoms with Crippen LogP contribution in [0.1, 0.15) is 63.2 Å². The van der Waals surface area contributed by atoms with Crippen LogP contribution < -0.4 is 5.32 Å². The van der Waals surface area contributed by atoms with E-state index >= 15 is 0 Å². The van der Waals surface area contributed by atoms with Crippen LogP contribution in [0.25, 0.3) is 0 Å².